The molecule has 0 aromatic heterocycles. The lowest BCUT2D eigenvalue weighted by Crippen LogP contribution is -2.38. The van der Waals surface area contributed by atoms with Gasteiger partial charge in [-0.2, -0.15) is 21.1 Å². The average molecular weight is 899 g/mol. The third kappa shape index (κ3) is 9.43. The highest BCUT2D eigenvalue weighted by Crippen LogP contribution is 2.46. The van der Waals surface area contributed by atoms with Gasteiger partial charge in [0, 0.05) is 25.0 Å². The lowest BCUT2D eigenvalue weighted by molar-refractivity contribution is 0.418. The first-order valence-electron chi connectivity index (χ1n) is 19.0. The van der Waals surface area contributed by atoms with Crippen LogP contribution in [0.5, 0.6) is 11.5 Å². The summed E-state index contributed by atoms with van der Waals surface area (Å²) in [5, 5.41) is 0. The van der Waals surface area contributed by atoms with Crippen LogP contribution >= 0.6 is 0 Å². The van der Waals surface area contributed by atoms with E-state index in [2.05, 4.69) is 6.58 Å². The van der Waals surface area contributed by atoms with Crippen LogP contribution in [-0.4, -0.2) is 57.6 Å². The zero-order valence-corrected chi connectivity index (χ0v) is 36.2. The molecular weight excluding hydrogens is 857 g/mol. The molecule has 0 fully saturated rings. The van der Waals surface area contributed by atoms with E-state index >= 15 is 0 Å². The van der Waals surface area contributed by atoms with Crippen molar-refractivity contribution in [3.05, 3.63) is 187 Å². The standard InChI is InChI=1S/C45H42N2O10S4/c1-35(32-45(2)34-47(42-26-16-15-25-41(42)45)59(50,51)38-19-9-4-10-20-38)33-46(58(48,49)37-17-7-3-8-18-37)30-29-36-27-28-43(56-60(52,53)39-21-11-5-12-22-39)44(31-36)57-61(54,55)40-23-13-6-14-24-40/h3-28,31H,1,29-30,32-34H2,2H3. The molecule has 6 aromatic rings. The van der Waals surface area contributed by atoms with E-state index in [1.807, 2.05) is 19.1 Å². The summed E-state index contributed by atoms with van der Waals surface area (Å²) >= 11 is 0. The number of rotatable bonds is 17. The maximum Gasteiger partial charge on any atom is 0.339 e. The molecule has 0 radical (unpaired) electrons. The molecule has 0 N–H and O–H groups in total. The molecule has 316 valence electrons. The number of para-hydroxylation sites is 1. The first kappa shape index (κ1) is 43.3. The SMILES string of the molecule is C=C(CN(CCc1ccc(OS(=O)(=O)c2ccccc2)c(OS(=O)(=O)c2ccccc2)c1)S(=O)(=O)c1ccccc1)CC1(C)CN(S(=O)(=O)c2ccccc2)c2ccccc21. The molecule has 0 saturated carbocycles. The van der Waals surface area contributed by atoms with E-state index in [0.29, 0.717) is 16.8 Å². The zero-order chi connectivity index (χ0) is 43.5. The lowest BCUT2D eigenvalue weighted by Gasteiger charge is -2.30. The molecule has 1 atom stereocenters. The molecule has 61 heavy (non-hydrogen) atoms. The van der Waals surface area contributed by atoms with Crippen LogP contribution in [0, 0.1) is 0 Å². The highest BCUT2D eigenvalue weighted by molar-refractivity contribution is 7.93. The summed E-state index contributed by atoms with van der Waals surface area (Å²) in [5.41, 5.74) is 1.46. The molecule has 1 aliphatic heterocycles. The predicted molar refractivity (Wildman–Crippen MR) is 232 cm³/mol. The van der Waals surface area contributed by atoms with Gasteiger partial charge in [-0.05, 0) is 90.7 Å². The highest BCUT2D eigenvalue weighted by atomic mass is 32.2. The van der Waals surface area contributed by atoms with E-state index in [4.69, 9.17) is 8.37 Å². The van der Waals surface area contributed by atoms with Crippen molar-refractivity contribution in [2.45, 2.75) is 44.8 Å². The Morgan fingerprint density at radius 2 is 1.08 bits per heavy atom. The number of hydrogen-bond acceptors (Lipinski definition) is 10. The molecule has 0 spiro atoms. The Labute approximate surface area is 357 Å². The van der Waals surface area contributed by atoms with Crippen LogP contribution in [0.3, 0.4) is 0 Å². The van der Waals surface area contributed by atoms with Crippen molar-refractivity contribution in [2.75, 3.05) is 23.9 Å². The molecule has 1 heterocycles. The van der Waals surface area contributed by atoms with Crippen molar-refractivity contribution in [1.82, 2.24) is 4.31 Å². The Morgan fingerprint density at radius 3 is 1.64 bits per heavy atom. The van der Waals surface area contributed by atoms with E-state index in [1.165, 1.54) is 87.5 Å². The van der Waals surface area contributed by atoms with Gasteiger partial charge < -0.3 is 8.37 Å². The number of nitrogens with zero attached hydrogens (tertiary/aromatic N) is 2. The van der Waals surface area contributed by atoms with Crippen molar-refractivity contribution in [1.29, 1.82) is 0 Å². The first-order chi connectivity index (χ1) is 29.0. The van der Waals surface area contributed by atoms with Crippen LogP contribution in [0.25, 0.3) is 0 Å². The Hall–Kier alpha value is -5.78. The first-order valence-corrected chi connectivity index (χ1v) is 24.7. The molecule has 0 aliphatic carbocycles. The van der Waals surface area contributed by atoms with E-state index in [0.717, 1.165) is 5.56 Å². The summed E-state index contributed by atoms with van der Waals surface area (Å²) in [7, 11) is -17.0. The minimum atomic E-state index is -4.48. The molecule has 6 aromatic carbocycles. The molecule has 1 aliphatic rings. The molecule has 1 unspecified atom stereocenters. The number of benzene rings is 6. The largest absolute Gasteiger partial charge is 0.375 e. The fraction of sp³-hybridized carbons (Fsp3) is 0.156. The van der Waals surface area contributed by atoms with Crippen LogP contribution in [0.2, 0.25) is 0 Å². The number of anilines is 1. The number of hydrogen-bond donors (Lipinski definition) is 0. The third-order valence-electron chi connectivity index (χ3n) is 10.2. The topological polar surface area (TPSA) is 161 Å². The fourth-order valence-corrected chi connectivity index (χ4v) is 12.3. The lowest BCUT2D eigenvalue weighted by atomic mass is 9.79. The van der Waals surface area contributed by atoms with E-state index in [-0.39, 0.29) is 52.1 Å². The van der Waals surface area contributed by atoms with Gasteiger partial charge in [0.25, 0.3) is 10.0 Å². The van der Waals surface area contributed by atoms with Crippen molar-refractivity contribution < 1.29 is 42.0 Å². The van der Waals surface area contributed by atoms with Crippen molar-refractivity contribution in [3.8, 4) is 11.5 Å². The summed E-state index contributed by atoms with van der Waals surface area (Å²) in [5.74, 6) is -0.826. The summed E-state index contributed by atoms with van der Waals surface area (Å²) < 4.78 is 123. The van der Waals surface area contributed by atoms with Gasteiger partial charge in [0.2, 0.25) is 10.0 Å². The molecule has 16 heteroatoms. The van der Waals surface area contributed by atoms with E-state index in [1.54, 1.807) is 72.8 Å². The monoisotopic (exact) mass is 898 g/mol. The predicted octanol–water partition coefficient (Wildman–Crippen LogP) is 7.57. The molecular formula is C45H42N2O10S4. The van der Waals surface area contributed by atoms with Gasteiger partial charge in [-0.25, -0.2) is 16.8 Å². The maximum absolute atomic E-state index is 14.3. The van der Waals surface area contributed by atoms with Gasteiger partial charge in [-0.15, -0.1) is 0 Å². The molecule has 0 saturated heterocycles. The Bertz CT molecular complexity index is 2990. The fourth-order valence-electron chi connectivity index (χ4n) is 7.26. The Morgan fingerprint density at radius 1 is 0.607 bits per heavy atom. The summed E-state index contributed by atoms with van der Waals surface area (Å²) in [4.78, 5) is -0.168. The average Bonchev–Trinajstić information content (AvgIpc) is 3.56. The minimum Gasteiger partial charge on any atom is -0.375 e. The highest BCUT2D eigenvalue weighted by Gasteiger charge is 2.44. The molecule has 0 bridgehead atoms. The number of fused-ring (bicyclic) bond motifs is 1. The van der Waals surface area contributed by atoms with Crippen LogP contribution in [0.15, 0.2) is 196 Å². The van der Waals surface area contributed by atoms with E-state index < -0.39 is 57.2 Å². The van der Waals surface area contributed by atoms with Gasteiger partial charge >= 0.3 is 20.2 Å². The Kier molecular flexibility index (Phi) is 12.3. The van der Waals surface area contributed by atoms with Crippen LogP contribution in [-0.2, 0) is 52.1 Å². The van der Waals surface area contributed by atoms with Gasteiger partial charge in [-0.3, -0.25) is 4.31 Å². The van der Waals surface area contributed by atoms with Gasteiger partial charge in [0.15, 0.2) is 11.5 Å². The molecule has 0 amide bonds. The van der Waals surface area contributed by atoms with E-state index in [9.17, 15) is 33.7 Å². The summed E-state index contributed by atoms with van der Waals surface area (Å²) in [6.07, 6.45) is 0.263. The van der Waals surface area contributed by atoms with Gasteiger partial charge in [0.1, 0.15) is 9.79 Å². The van der Waals surface area contributed by atoms with Crippen LogP contribution in [0.4, 0.5) is 5.69 Å². The van der Waals surface area contributed by atoms with Crippen molar-refractivity contribution >= 4 is 46.0 Å². The zero-order valence-electron chi connectivity index (χ0n) is 32.9. The molecule has 12 nitrogen and oxygen atoms in total. The third-order valence-corrected chi connectivity index (χ3v) is 16.3. The van der Waals surface area contributed by atoms with Gasteiger partial charge in [0.05, 0.1) is 15.5 Å². The van der Waals surface area contributed by atoms with Crippen molar-refractivity contribution in [2.24, 2.45) is 0 Å². The van der Waals surface area contributed by atoms with Crippen LogP contribution < -0.4 is 12.7 Å². The van der Waals surface area contributed by atoms with Crippen molar-refractivity contribution in [3.63, 3.8) is 0 Å². The minimum absolute atomic E-state index is 0.0238. The second-order valence-electron chi connectivity index (χ2n) is 14.7. The van der Waals surface area contributed by atoms with Crippen LogP contribution in [0.1, 0.15) is 24.5 Å². The quantitative estimate of drug-likeness (QED) is 0.0660. The second-order valence-corrected chi connectivity index (χ2v) is 21.6. The smallest absolute Gasteiger partial charge is 0.339 e. The second kappa shape index (κ2) is 17.3. The van der Waals surface area contributed by atoms with Gasteiger partial charge in [-0.1, -0.05) is 116 Å². The number of sulfonamides is 2. The summed E-state index contributed by atoms with van der Waals surface area (Å²) in [6, 6.07) is 41.9. The molecule has 7 rings (SSSR count). The summed E-state index contributed by atoms with van der Waals surface area (Å²) in [6.45, 7) is 6.07. The maximum atomic E-state index is 14.3. The Balaban J connectivity index is 1.18. The normalized spacial score (nSPS) is 15.6.